The molecule has 0 bridgehead atoms. The fourth-order valence-electron chi connectivity index (χ4n) is 1.43. The molecule has 0 radical (unpaired) electrons. The highest BCUT2D eigenvalue weighted by Gasteiger charge is 2.39. The summed E-state index contributed by atoms with van der Waals surface area (Å²) in [6.07, 6.45) is 7.25. The zero-order valence-electron chi connectivity index (χ0n) is 7.99. The first-order valence-corrected chi connectivity index (χ1v) is 4.70. The van der Waals surface area contributed by atoms with Crippen LogP contribution >= 0.6 is 0 Å². The summed E-state index contributed by atoms with van der Waals surface area (Å²) in [7, 11) is 0. The van der Waals surface area contributed by atoms with Crippen LogP contribution in [0.4, 0.5) is 0 Å². The van der Waals surface area contributed by atoms with E-state index < -0.39 is 0 Å². The molecule has 0 amide bonds. The second-order valence-electron chi connectivity index (χ2n) is 3.67. The highest BCUT2D eigenvalue weighted by atomic mass is 16.5. The molecule has 1 fully saturated rings. The van der Waals surface area contributed by atoms with Gasteiger partial charge >= 0.3 is 0 Å². The van der Waals surface area contributed by atoms with Crippen molar-refractivity contribution in [1.82, 2.24) is 0 Å². The molecule has 1 saturated carbocycles. The Labute approximate surface area is 84.1 Å². The van der Waals surface area contributed by atoms with Crippen LogP contribution in [-0.2, 0) is 5.54 Å². The predicted molar refractivity (Wildman–Crippen MR) is 55.9 cm³/mol. The van der Waals surface area contributed by atoms with Crippen molar-refractivity contribution in [3.8, 4) is 18.1 Å². The minimum atomic E-state index is -0.0648. The molecule has 0 atom stereocenters. The Bertz CT molecular complexity index is 357. The van der Waals surface area contributed by atoms with Gasteiger partial charge in [0.25, 0.3) is 0 Å². The van der Waals surface area contributed by atoms with E-state index >= 15 is 0 Å². The van der Waals surface area contributed by atoms with Crippen LogP contribution in [0.1, 0.15) is 18.4 Å². The van der Waals surface area contributed by atoms with Gasteiger partial charge in [-0.3, -0.25) is 0 Å². The third kappa shape index (κ3) is 1.73. The number of nitrogens with two attached hydrogens (primary N) is 1. The van der Waals surface area contributed by atoms with Crippen molar-refractivity contribution >= 4 is 0 Å². The largest absolute Gasteiger partial charge is 0.481 e. The number of hydrogen-bond acceptors (Lipinski definition) is 2. The number of benzene rings is 1. The van der Waals surface area contributed by atoms with Crippen molar-refractivity contribution in [2.75, 3.05) is 6.61 Å². The molecule has 0 saturated heterocycles. The summed E-state index contributed by atoms with van der Waals surface area (Å²) in [5, 5.41) is 0. The van der Waals surface area contributed by atoms with E-state index in [1.807, 2.05) is 24.3 Å². The van der Waals surface area contributed by atoms with Gasteiger partial charge < -0.3 is 10.5 Å². The molecule has 2 N–H and O–H groups in total. The van der Waals surface area contributed by atoms with Crippen LogP contribution in [0.2, 0.25) is 0 Å². The van der Waals surface area contributed by atoms with E-state index in [1.54, 1.807) is 0 Å². The van der Waals surface area contributed by atoms with Gasteiger partial charge in [-0.1, -0.05) is 18.1 Å². The standard InChI is InChI=1S/C12H13NO/c1-2-9-14-11-5-3-10(4-6-11)12(13)7-8-12/h1,3-6H,7-9,13H2. The molecule has 0 unspecified atom stereocenters. The van der Waals surface area contributed by atoms with Gasteiger partial charge in [0.05, 0.1) is 0 Å². The molecule has 72 valence electrons. The minimum absolute atomic E-state index is 0.0648. The molecular formula is C12H13NO. The summed E-state index contributed by atoms with van der Waals surface area (Å²) in [5.41, 5.74) is 7.17. The lowest BCUT2D eigenvalue weighted by Crippen LogP contribution is -2.18. The third-order valence-corrected chi connectivity index (χ3v) is 2.54. The maximum Gasteiger partial charge on any atom is 0.148 e. The topological polar surface area (TPSA) is 35.2 Å². The Morgan fingerprint density at radius 1 is 1.36 bits per heavy atom. The fourth-order valence-corrected chi connectivity index (χ4v) is 1.43. The molecule has 14 heavy (non-hydrogen) atoms. The zero-order valence-corrected chi connectivity index (χ0v) is 7.99. The molecule has 0 aromatic heterocycles. The van der Waals surface area contributed by atoms with Crippen LogP contribution in [0.15, 0.2) is 24.3 Å². The molecule has 0 heterocycles. The van der Waals surface area contributed by atoms with Gasteiger partial charge in [-0.25, -0.2) is 0 Å². The first kappa shape index (κ1) is 9.11. The average molecular weight is 187 g/mol. The smallest absolute Gasteiger partial charge is 0.148 e. The number of hydrogen-bond donors (Lipinski definition) is 1. The summed E-state index contributed by atoms with van der Waals surface area (Å²) in [6, 6.07) is 7.86. The average Bonchev–Trinajstić information content (AvgIpc) is 2.96. The summed E-state index contributed by atoms with van der Waals surface area (Å²) >= 11 is 0. The van der Waals surface area contributed by atoms with Crippen LogP contribution in [-0.4, -0.2) is 6.61 Å². The molecular weight excluding hydrogens is 174 g/mol. The zero-order chi connectivity index (χ0) is 10.0. The summed E-state index contributed by atoms with van der Waals surface area (Å²) in [4.78, 5) is 0. The second kappa shape index (κ2) is 3.36. The Kier molecular flexibility index (Phi) is 2.18. The molecule has 1 aliphatic carbocycles. The number of ether oxygens (including phenoxy) is 1. The monoisotopic (exact) mass is 187 g/mol. The lowest BCUT2D eigenvalue weighted by Gasteiger charge is -2.09. The third-order valence-electron chi connectivity index (χ3n) is 2.54. The van der Waals surface area contributed by atoms with Gasteiger partial charge in [-0.2, -0.15) is 0 Å². The Balaban J connectivity index is 2.07. The quantitative estimate of drug-likeness (QED) is 0.730. The SMILES string of the molecule is C#CCOc1ccc(C2(N)CC2)cc1. The van der Waals surface area contributed by atoms with Crippen molar-refractivity contribution in [2.24, 2.45) is 5.73 Å². The van der Waals surface area contributed by atoms with E-state index in [0.29, 0.717) is 6.61 Å². The number of terminal acetylenes is 1. The normalized spacial score (nSPS) is 17.1. The van der Waals surface area contributed by atoms with Gasteiger partial charge in [-0.05, 0) is 30.5 Å². The van der Waals surface area contributed by atoms with Gasteiger partial charge in [0.2, 0.25) is 0 Å². The van der Waals surface area contributed by atoms with E-state index in [2.05, 4.69) is 5.92 Å². The minimum Gasteiger partial charge on any atom is -0.481 e. The molecule has 2 nitrogen and oxygen atoms in total. The highest BCUT2D eigenvalue weighted by molar-refractivity contribution is 5.34. The van der Waals surface area contributed by atoms with E-state index in [0.717, 1.165) is 18.6 Å². The summed E-state index contributed by atoms with van der Waals surface area (Å²) in [6.45, 7) is 0.313. The summed E-state index contributed by atoms with van der Waals surface area (Å²) in [5.74, 6) is 3.23. The molecule has 2 rings (SSSR count). The molecule has 1 aromatic rings. The van der Waals surface area contributed by atoms with Gasteiger partial charge in [-0.15, -0.1) is 6.42 Å². The first-order valence-electron chi connectivity index (χ1n) is 4.70. The van der Waals surface area contributed by atoms with Crippen LogP contribution in [0, 0.1) is 12.3 Å². The van der Waals surface area contributed by atoms with Crippen LogP contribution in [0.5, 0.6) is 5.75 Å². The van der Waals surface area contributed by atoms with E-state index in [4.69, 9.17) is 16.9 Å². The van der Waals surface area contributed by atoms with Gasteiger partial charge in [0.1, 0.15) is 12.4 Å². The van der Waals surface area contributed by atoms with E-state index in [1.165, 1.54) is 5.56 Å². The van der Waals surface area contributed by atoms with Crippen molar-refractivity contribution in [1.29, 1.82) is 0 Å². The molecule has 0 aliphatic heterocycles. The summed E-state index contributed by atoms with van der Waals surface area (Å²) < 4.78 is 5.27. The van der Waals surface area contributed by atoms with Gasteiger partial charge in [0, 0.05) is 5.54 Å². The van der Waals surface area contributed by atoms with E-state index in [9.17, 15) is 0 Å². The predicted octanol–water partition coefficient (Wildman–Crippen LogP) is 1.65. The first-order chi connectivity index (χ1) is 6.74. The highest BCUT2D eigenvalue weighted by Crippen LogP contribution is 2.42. The Morgan fingerprint density at radius 3 is 2.50 bits per heavy atom. The Morgan fingerprint density at radius 2 is 2.00 bits per heavy atom. The van der Waals surface area contributed by atoms with Crippen LogP contribution < -0.4 is 10.5 Å². The van der Waals surface area contributed by atoms with Gasteiger partial charge in [0.15, 0.2) is 0 Å². The fraction of sp³-hybridized carbons (Fsp3) is 0.333. The van der Waals surface area contributed by atoms with Crippen molar-refractivity contribution in [3.05, 3.63) is 29.8 Å². The second-order valence-corrected chi connectivity index (χ2v) is 3.67. The van der Waals surface area contributed by atoms with Crippen molar-refractivity contribution in [3.63, 3.8) is 0 Å². The number of rotatable bonds is 3. The molecule has 2 heteroatoms. The molecule has 0 spiro atoms. The van der Waals surface area contributed by atoms with Crippen LogP contribution in [0.3, 0.4) is 0 Å². The van der Waals surface area contributed by atoms with E-state index in [-0.39, 0.29) is 5.54 Å². The van der Waals surface area contributed by atoms with Crippen molar-refractivity contribution < 1.29 is 4.74 Å². The maximum atomic E-state index is 6.04. The Hall–Kier alpha value is -1.46. The lowest BCUT2D eigenvalue weighted by atomic mass is 10.1. The lowest BCUT2D eigenvalue weighted by molar-refractivity contribution is 0.370. The maximum absolute atomic E-state index is 6.04. The molecule has 1 aromatic carbocycles. The molecule has 1 aliphatic rings. The van der Waals surface area contributed by atoms with Crippen molar-refractivity contribution in [2.45, 2.75) is 18.4 Å². The van der Waals surface area contributed by atoms with Crippen LogP contribution in [0.25, 0.3) is 0 Å².